The molecule has 0 aliphatic heterocycles. The van der Waals surface area contributed by atoms with E-state index in [9.17, 15) is 4.79 Å². The summed E-state index contributed by atoms with van der Waals surface area (Å²) in [6.45, 7) is 2.14. The Morgan fingerprint density at radius 2 is 2.09 bits per heavy atom. The molecule has 2 heteroatoms. The molecule has 0 radical (unpaired) electrons. The normalized spacial score (nSPS) is 31.7. The summed E-state index contributed by atoms with van der Waals surface area (Å²) in [4.78, 5) is 10.9. The number of nitrogens with two attached hydrogens (primary N) is 1. The molecule has 2 nitrogen and oxygen atoms in total. The number of rotatable bonds is 2. The zero-order chi connectivity index (χ0) is 8.27. The topological polar surface area (TPSA) is 43.1 Å². The second kappa shape index (κ2) is 3.74. The second-order valence-electron chi connectivity index (χ2n) is 3.46. The molecule has 0 aromatic heterocycles. The first-order valence-electron chi connectivity index (χ1n) is 4.55. The molecule has 1 rings (SSSR count). The first kappa shape index (κ1) is 8.57. The molecule has 0 heterocycles. The molecule has 2 atom stereocenters. The molecule has 2 N–H and O–H groups in total. The Morgan fingerprint density at radius 3 is 2.55 bits per heavy atom. The van der Waals surface area contributed by atoms with E-state index in [1.165, 1.54) is 19.3 Å². The van der Waals surface area contributed by atoms with Crippen LogP contribution in [0.5, 0.6) is 0 Å². The molecule has 1 amide bonds. The van der Waals surface area contributed by atoms with E-state index in [4.69, 9.17) is 5.73 Å². The van der Waals surface area contributed by atoms with E-state index in [1.807, 2.05) is 0 Å². The molecule has 0 bridgehead atoms. The van der Waals surface area contributed by atoms with E-state index in [0.717, 1.165) is 12.8 Å². The largest absolute Gasteiger partial charge is 0.369 e. The van der Waals surface area contributed by atoms with Crippen LogP contribution in [0.15, 0.2) is 0 Å². The molecule has 0 aromatic carbocycles. The van der Waals surface area contributed by atoms with Crippen LogP contribution in [-0.2, 0) is 4.79 Å². The van der Waals surface area contributed by atoms with Crippen LogP contribution in [0, 0.1) is 11.8 Å². The molecule has 64 valence electrons. The van der Waals surface area contributed by atoms with Crippen LogP contribution in [0.2, 0.25) is 0 Å². The Balaban J connectivity index is 2.51. The van der Waals surface area contributed by atoms with E-state index in [-0.39, 0.29) is 11.8 Å². The van der Waals surface area contributed by atoms with Crippen LogP contribution in [0.1, 0.15) is 39.0 Å². The van der Waals surface area contributed by atoms with Gasteiger partial charge in [0, 0.05) is 5.92 Å². The predicted molar refractivity (Wildman–Crippen MR) is 44.9 cm³/mol. The lowest BCUT2D eigenvalue weighted by molar-refractivity contribution is -0.124. The van der Waals surface area contributed by atoms with Crippen molar-refractivity contribution in [3.05, 3.63) is 0 Å². The molecule has 1 aliphatic carbocycles. The number of primary amides is 1. The lowest BCUT2D eigenvalue weighted by atomic mass is 9.77. The fraction of sp³-hybridized carbons (Fsp3) is 0.889. The van der Waals surface area contributed by atoms with Crippen LogP contribution in [-0.4, -0.2) is 5.91 Å². The van der Waals surface area contributed by atoms with Gasteiger partial charge in [0.2, 0.25) is 5.91 Å². The van der Waals surface area contributed by atoms with Crippen molar-refractivity contribution in [2.75, 3.05) is 0 Å². The van der Waals surface area contributed by atoms with E-state index < -0.39 is 0 Å². The highest BCUT2D eigenvalue weighted by molar-refractivity contribution is 5.77. The molecule has 11 heavy (non-hydrogen) atoms. The summed E-state index contributed by atoms with van der Waals surface area (Å²) >= 11 is 0. The zero-order valence-corrected chi connectivity index (χ0v) is 7.18. The van der Waals surface area contributed by atoms with Crippen molar-refractivity contribution in [1.82, 2.24) is 0 Å². The van der Waals surface area contributed by atoms with Crippen LogP contribution in [0.4, 0.5) is 0 Å². The lowest BCUT2D eigenvalue weighted by Gasteiger charge is -2.27. The van der Waals surface area contributed by atoms with Gasteiger partial charge in [0.15, 0.2) is 0 Å². The molecule has 0 unspecified atom stereocenters. The highest BCUT2D eigenvalue weighted by Gasteiger charge is 2.27. The average Bonchev–Trinajstić information content (AvgIpc) is 2.04. The Morgan fingerprint density at radius 1 is 1.45 bits per heavy atom. The maximum Gasteiger partial charge on any atom is 0.220 e. The third-order valence-electron chi connectivity index (χ3n) is 2.80. The van der Waals surface area contributed by atoms with E-state index in [0.29, 0.717) is 5.92 Å². The third-order valence-corrected chi connectivity index (χ3v) is 2.80. The summed E-state index contributed by atoms with van der Waals surface area (Å²) < 4.78 is 0. The molecule has 1 fully saturated rings. The van der Waals surface area contributed by atoms with Gasteiger partial charge >= 0.3 is 0 Å². The van der Waals surface area contributed by atoms with Crippen LogP contribution in [0.25, 0.3) is 0 Å². The van der Waals surface area contributed by atoms with Gasteiger partial charge < -0.3 is 5.73 Å². The van der Waals surface area contributed by atoms with Crippen molar-refractivity contribution in [3.8, 4) is 0 Å². The smallest absolute Gasteiger partial charge is 0.220 e. The Bertz CT molecular complexity index is 144. The van der Waals surface area contributed by atoms with Gasteiger partial charge in [-0.3, -0.25) is 4.79 Å². The SMILES string of the molecule is CC[C@@H]1CCCC[C@@H]1C(N)=O. The molecular formula is C9H17NO. The van der Waals surface area contributed by atoms with Crippen LogP contribution in [0.3, 0.4) is 0 Å². The predicted octanol–water partition coefficient (Wildman–Crippen LogP) is 1.69. The standard InChI is InChI=1S/C9H17NO/c1-2-7-5-3-4-6-8(7)9(10)11/h7-8H,2-6H2,1H3,(H2,10,11)/t7-,8+/m1/s1. The summed E-state index contributed by atoms with van der Waals surface area (Å²) in [5.74, 6) is 0.659. The van der Waals surface area contributed by atoms with Crippen molar-refractivity contribution in [2.24, 2.45) is 17.6 Å². The van der Waals surface area contributed by atoms with E-state index >= 15 is 0 Å². The Kier molecular flexibility index (Phi) is 2.92. The summed E-state index contributed by atoms with van der Waals surface area (Å²) in [6.07, 6.45) is 5.79. The maximum absolute atomic E-state index is 10.9. The van der Waals surface area contributed by atoms with Gasteiger partial charge in [-0.15, -0.1) is 0 Å². The Labute approximate surface area is 68.2 Å². The van der Waals surface area contributed by atoms with Gasteiger partial charge in [-0.05, 0) is 18.8 Å². The second-order valence-corrected chi connectivity index (χ2v) is 3.46. The fourth-order valence-electron chi connectivity index (χ4n) is 2.07. The van der Waals surface area contributed by atoms with Crippen molar-refractivity contribution in [1.29, 1.82) is 0 Å². The molecule has 0 spiro atoms. The maximum atomic E-state index is 10.9. The minimum Gasteiger partial charge on any atom is -0.369 e. The summed E-state index contributed by atoms with van der Waals surface area (Å²) in [7, 11) is 0. The van der Waals surface area contributed by atoms with E-state index in [1.54, 1.807) is 0 Å². The number of hydrogen-bond acceptors (Lipinski definition) is 1. The van der Waals surface area contributed by atoms with E-state index in [2.05, 4.69) is 6.92 Å². The molecule has 1 saturated carbocycles. The average molecular weight is 155 g/mol. The van der Waals surface area contributed by atoms with Gasteiger partial charge in [-0.2, -0.15) is 0 Å². The first-order valence-corrected chi connectivity index (χ1v) is 4.55. The monoisotopic (exact) mass is 155 g/mol. The molecule has 1 aliphatic rings. The van der Waals surface area contributed by atoms with Crippen molar-refractivity contribution in [3.63, 3.8) is 0 Å². The summed E-state index contributed by atoms with van der Waals surface area (Å²) in [5, 5.41) is 0. The van der Waals surface area contributed by atoms with Crippen LogP contribution < -0.4 is 5.73 Å². The fourth-order valence-corrected chi connectivity index (χ4v) is 2.07. The minimum atomic E-state index is -0.0865. The molecular weight excluding hydrogens is 138 g/mol. The highest BCUT2D eigenvalue weighted by atomic mass is 16.1. The van der Waals surface area contributed by atoms with Crippen molar-refractivity contribution < 1.29 is 4.79 Å². The van der Waals surface area contributed by atoms with Gasteiger partial charge in [0.25, 0.3) is 0 Å². The Hall–Kier alpha value is -0.530. The first-order chi connectivity index (χ1) is 5.25. The van der Waals surface area contributed by atoms with Gasteiger partial charge in [0.1, 0.15) is 0 Å². The number of carbonyl (C=O) groups excluding carboxylic acids is 1. The molecule has 0 aromatic rings. The number of amides is 1. The van der Waals surface area contributed by atoms with Gasteiger partial charge in [-0.25, -0.2) is 0 Å². The summed E-state index contributed by atoms with van der Waals surface area (Å²) in [5.41, 5.74) is 5.29. The van der Waals surface area contributed by atoms with Crippen LogP contribution >= 0.6 is 0 Å². The van der Waals surface area contributed by atoms with Crippen molar-refractivity contribution >= 4 is 5.91 Å². The van der Waals surface area contributed by atoms with Gasteiger partial charge in [-0.1, -0.05) is 26.2 Å². The quantitative estimate of drug-likeness (QED) is 0.648. The lowest BCUT2D eigenvalue weighted by Crippen LogP contribution is -2.31. The molecule has 0 saturated heterocycles. The number of hydrogen-bond donors (Lipinski definition) is 1. The summed E-state index contributed by atoms with van der Waals surface area (Å²) in [6, 6.07) is 0. The minimum absolute atomic E-state index is 0.0865. The number of carbonyl (C=O) groups is 1. The van der Waals surface area contributed by atoms with Crippen molar-refractivity contribution in [2.45, 2.75) is 39.0 Å². The van der Waals surface area contributed by atoms with Gasteiger partial charge in [0.05, 0.1) is 0 Å². The highest BCUT2D eigenvalue weighted by Crippen LogP contribution is 2.31. The zero-order valence-electron chi connectivity index (χ0n) is 7.18. The third kappa shape index (κ3) is 1.95.